The lowest BCUT2D eigenvalue weighted by molar-refractivity contribution is -0.137. The molecular weight excluding hydrogens is 528 g/mol. The molecule has 2 aromatic heterocycles. The maximum Gasteiger partial charge on any atom is 0.417 e. The molecule has 0 aliphatic carbocycles. The number of halogens is 6. The van der Waals surface area contributed by atoms with E-state index >= 15 is 0 Å². The zero-order chi connectivity index (χ0) is 27.8. The van der Waals surface area contributed by atoms with Gasteiger partial charge < -0.3 is 20.7 Å². The van der Waals surface area contributed by atoms with Crippen molar-refractivity contribution in [1.82, 2.24) is 20.6 Å². The average molecular weight is 556 g/mol. The van der Waals surface area contributed by atoms with E-state index < -0.39 is 53.4 Å². The van der Waals surface area contributed by atoms with Gasteiger partial charge in [-0.2, -0.15) is 26.3 Å². The van der Waals surface area contributed by atoms with Gasteiger partial charge in [-0.15, -0.1) is 11.3 Å². The lowest BCUT2D eigenvalue weighted by atomic mass is 10.0. The standard InChI is InChI=1S/C20H21F6N5O3S.C2H6/c1-2-34-18(33)17-31-14(16(32)30-10-3-5-27-6-4-10)15(35-17)11-8-28-13(29-9-19(21,22)23)7-12(11)20(24,25)26;1-2/h7-8,10,27H,2-6,9H2,1H3,(H,28,29)(H,30,32);1-2H3. The molecule has 206 valence electrons. The summed E-state index contributed by atoms with van der Waals surface area (Å²) in [6.45, 7) is 5.18. The smallest absolute Gasteiger partial charge is 0.417 e. The molecule has 1 amide bonds. The second kappa shape index (κ2) is 13.0. The van der Waals surface area contributed by atoms with Crippen LogP contribution in [0.2, 0.25) is 0 Å². The molecule has 0 spiro atoms. The molecule has 1 aliphatic rings. The zero-order valence-corrected chi connectivity index (χ0v) is 21.1. The van der Waals surface area contributed by atoms with Gasteiger partial charge in [-0.3, -0.25) is 4.79 Å². The van der Waals surface area contributed by atoms with Gasteiger partial charge in [-0.1, -0.05) is 13.8 Å². The highest BCUT2D eigenvalue weighted by Gasteiger charge is 2.37. The van der Waals surface area contributed by atoms with E-state index in [0.717, 1.165) is 0 Å². The Morgan fingerprint density at radius 2 is 1.81 bits per heavy atom. The van der Waals surface area contributed by atoms with Crippen LogP contribution < -0.4 is 16.0 Å². The molecule has 0 bridgehead atoms. The molecule has 3 heterocycles. The topological polar surface area (TPSA) is 105 Å². The van der Waals surface area contributed by atoms with E-state index in [1.807, 2.05) is 13.8 Å². The summed E-state index contributed by atoms with van der Waals surface area (Å²) in [7, 11) is 0. The molecule has 0 aromatic carbocycles. The lowest BCUT2D eigenvalue weighted by Gasteiger charge is -2.23. The molecule has 0 unspecified atom stereocenters. The van der Waals surface area contributed by atoms with Crippen LogP contribution in [-0.2, 0) is 10.9 Å². The Hall–Kier alpha value is -2.94. The van der Waals surface area contributed by atoms with Gasteiger partial charge in [0.15, 0.2) is 0 Å². The summed E-state index contributed by atoms with van der Waals surface area (Å²) in [6, 6.07) is 0.165. The summed E-state index contributed by atoms with van der Waals surface area (Å²) in [6.07, 6.45) is -7.81. The maximum atomic E-state index is 13.9. The van der Waals surface area contributed by atoms with E-state index in [1.54, 1.807) is 5.32 Å². The number of pyridine rings is 1. The van der Waals surface area contributed by atoms with E-state index in [2.05, 4.69) is 20.6 Å². The van der Waals surface area contributed by atoms with Crippen molar-refractivity contribution in [3.63, 3.8) is 0 Å². The lowest BCUT2D eigenvalue weighted by Crippen LogP contribution is -2.43. The SMILES string of the molecule is CC.CCOC(=O)c1nc(C(=O)NC2CCNCC2)c(-c2cnc(NCC(F)(F)F)cc2C(F)(F)F)s1. The Labute approximate surface area is 213 Å². The number of hydrogen-bond donors (Lipinski definition) is 3. The highest BCUT2D eigenvalue weighted by atomic mass is 32.1. The number of thiazole rings is 1. The second-order valence-electron chi connectivity index (χ2n) is 7.50. The number of amides is 1. The molecule has 3 rings (SSSR count). The fourth-order valence-electron chi connectivity index (χ4n) is 3.32. The van der Waals surface area contributed by atoms with Crippen molar-refractivity contribution >= 4 is 29.0 Å². The fourth-order valence-corrected chi connectivity index (χ4v) is 4.30. The first kappa shape index (κ1) is 30.3. The van der Waals surface area contributed by atoms with Gasteiger partial charge in [0.2, 0.25) is 5.01 Å². The first-order valence-corrected chi connectivity index (χ1v) is 12.3. The molecule has 8 nitrogen and oxygen atoms in total. The summed E-state index contributed by atoms with van der Waals surface area (Å²) < 4.78 is 84.0. The Bertz CT molecular complexity index is 1070. The van der Waals surface area contributed by atoms with Crippen LogP contribution in [0.15, 0.2) is 12.3 Å². The number of ether oxygens (including phenoxy) is 1. The minimum Gasteiger partial charge on any atom is -0.461 e. The van der Waals surface area contributed by atoms with Gasteiger partial charge in [-0.05, 0) is 38.9 Å². The molecule has 0 radical (unpaired) electrons. The van der Waals surface area contributed by atoms with Crippen LogP contribution in [0.4, 0.5) is 32.2 Å². The van der Waals surface area contributed by atoms with Crippen LogP contribution >= 0.6 is 11.3 Å². The minimum atomic E-state index is -5.01. The highest BCUT2D eigenvalue weighted by molar-refractivity contribution is 7.17. The quantitative estimate of drug-likeness (QED) is 0.330. The van der Waals surface area contributed by atoms with E-state index in [-0.39, 0.29) is 22.5 Å². The molecule has 37 heavy (non-hydrogen) atoms. The molecule has 2 aromatic rings. The van der Waals surface area contributed by atoms with Gasteiger partial charge in [0.05, 0.1) is 17.0 Å². The highest BCUT2D eigenvalue weighted by Crippen LogP contribution is 2.41. The monoisotopic (exact) mass is 555 g/mol. The number of nitrogens with zero attached hydrogens (tertiary/aromatic N) is 2. The predicted molar refractivity (Wildman–Crippen MR) is 126 cm³/mol. The summed E-state index contributed by atoms with van der Waals surface area (Å²) >= 11 is 0.506. The summed E-state index contributed by atoms with van der Waals surface area (Å²) in [5, 5.41) is 7.28. The molecule has 1 saturated heterocycles. The largest absolute Gasteiger partial charge is 0.461 e. The Balaban J connectivity index is 0.00000235. The van der Waals surface area contributed by atoms with E-state index in [0.29, 0.717) is 49.5 Å². The molecule has 15 heteroatoms. The molecule has 1 aliphatic heterocycles. The van der Waals surface area contributed by atoms with E-state index in [4.69, 9.17) is 4.74 Å². The summed E-state index contributed by atoms with van der Waals surface area (Å²) in [5.41, 5.74) is -2.37. The number of anilines is 1. The maximum absolute atomic E-state index is 13.9. The van der Waals surface area contributed by atoms with Crippen molar-refractivity contribution in [3.8, 4) is 10.4 Å². The van der Waals surface area contributed by atoms with Gasteiger partial charge in [0, 0.05) is 17.8 Å². The molecule has 0 saturated carbocycles. The Kier molecular flexibility index (Phi) is 10.7. The van der Waals surface area contributed by atoms with Crippen LogP contribution in [0, 0.1) is 0 Å². The third-order valence-corrected chi connectivity index (χ3v) is 5.96. The van der Waals surface area contributed by atoms with Crippen LogP contribution in [-0.4, -0.2) is 60.3 Å². The van der Waals surface area contributed by atoms with E-state index in [1.165, 1.54) is 6.92 Å². The number of carbonyl (C=O) groups excluding carboxylic acids is 2. The molecule has 0 atom stereocenters. The van der Waals surface area contributed by atoms with E-state index in [9.17, 15) is 35.9 Å². The number of rotatable bonds is 7. The average Bonchev–Trinajstić information content (AvgIpc) is 3.29. The van der Waals surface area contributed by atoms with Crippen LogP contribution in [0.3, 0.4) is 0 Å². The summed E-state index contributed by atoms with van der Waals surface area (Å²) in [4.78, 5) is 32.5. The van der Waals surface area contributed by atoms with Crippen molar-refractivity contribution in [1.29, 1.82) is 0 Å². The number of alkyl halides is 6. The van der Waals surface area contributed by atoms with Gasteiger partial charge in [0.25, 0.3) is 5.91 Å². The number of aromatic nitrogens is 2. The molecular formula is C22H27F6N5O3S. The minimum absolute atomic E-state index is 0.0285. The summed E-state index contributed by atoms with van der Waals surface area (Å²) in [5.74, 6) is -2.37. The first-order valence-electron chi connectivity index (χ1n) is 11.5. The fraction of sp³-hybridized carbons (Fsp3) is 0.545. The number of esters is 1. The third-order valence-electron chi connectivity index (χ3n) is 4.89. The van der Waals surface area contributed by atoms with Crippen molar-refractivity contribution in [2.24, 2.45) is 0 Å². The number of carbonyl (C=O) groups is 2. The predicted octanol–water partition coefficient (Wildman–Crippen LogP) is 4.88. The van der Waals surface area contributed by atoms with Crippen molar-refractivity contribution < 1.29 is 40.7 Å². The second-order valence-corrected chi connectivity index (χ2v) is 8.50. The van der Waals surface area contributed by atoms with Crippen LogP contribution in [0.5, 0.6) is 0 Å². The van der Waals surface area contributed by atoms with Crippen molar-refractivity contribution in [2.45, 2.75) is 52.0 Å². The van der Waals surface area contributed by atoms with Gasteiger partial charge in [-0.25, -0.2) is 14.8 Å². The molecule has 3 N–H and O–H groups in total. The van der Waals surface area contributed by atoms with Crippen molar-refractivity contribution in [3.05, 3.63) is 28.5 Å². The number of nitrogens with one attached hydrogen (secondary N) is 3. The Morgan fingerprint density at radius 3 is 2.38 bits per heavy atom. The normalized spacial score (nSPS) is 14.4. The third kappa shape index (κ3) is 8.55. The zero-order valence-electron chi connectivity index (χ0n) is 20.3. The molecule has 1 fully saturated rings. The first-order chi connectivity index (χ1) is 17.4. The van der Waals surface area contributed by atoms with Gasteiger partial charge >= 0.3 is 18.3 Å². The number of hydrogen-bond acceptors (Lipinski definition) is 8. The Morgan fingerprint density at radius 1 is 1.16 bits per heavy atom. The van der Waals surface area contributed by atoms with Crippen molar-refractivity contribution in [2.75, 3.05) is 31.6 Å². The number of piperidine rings is 1. The van der Waals surface area contributed by atoms with Crippen LogP contribution in [0.25, 0.3) is 10.4 Å². The van der Waals surface area contributed by atoms with Gasteiger partial charge in [0.1, 0.15) is 18.1 Å². The van der Waals surface area contributed by atoms with Crippen LogP contribution in [0.1, 0.15) is 59.5 Å².